The van der Waals surface area contributed by atoms with Gasteiger partial charge in [-0.25, -0.2) is 0 Å². The summed E-state index contributed by atoms with van der Waals surface area (Å²) in [6, 6.07) is 0.358. The minimum absolute atomic E-state index is 0.0600. The number of carbonyl (C=O) groups is 1. The molecule has 2 N–H and O–H groups in total. The summed E-state index contributed by atoms with van der Waals surface area (Å²) in [5, 5.41) is 7.09. The van der Waals surface area contributed by atoms with Crippen LogP contribution in [0.3, 0.4) is 0 Å². The van der Waals surface area contributed by atoms with Gasteiger partial charge in [0, 0.05) is 24.4 Å². The van der Waals surface area contributed by atoms with Crippen LogP contribution in [0.15, 0.2) is 0 Å². The molecule has 2 rings (SSSR count). The first kappa shape index (κ1) is 13.2. The van der Waals surface area contributed by atoms with Crippen molar-refractivity contribution in [3.05, 3.63) is 0 Å². The molecule has 0 aromatic carbocycles. The van der Waals surface area contributed by atoms with Gasteiger partial charge in [-0.05, 0) is 31.9 Å². The molecule has 0 radical (unpaired) electrons. The lowest BCUT2D eigenvalue weighted by atomic mass is 9.95. The Kier molecular flexibility index (Phi) is 5.13. The number of amides is 1. The first-order valence-electron chi connectivity index (χ1n) is 6.45. The summed E-state index contributed by atoms with van der Waals surface area (Å²) in [7, 11) is 0. The maximum absolute atomic E-state index is 11.9. The Hall–Kier alpha value is -0.260. The molecule has 17 heavy (non-hydrogen) atoms. The number of hydrogen-bond donors (Lipinski definition) is 2. The van der Waals surface area contributed by atoms with Crippen LogP contribution in [0.2, 0.25) is 0 Å². The normalized spacial score (nSPS) is 34.3. The summed E-state index contributed by atoms with van der Waals surface area (Å²) in [4.78, 5) is 11.9. The van der Waals surface area contributed by atoms with Crippen LogP contribution in [0.5, 0.6) is 0 Å². The molecule has 4 nitrogen and oxygen atoms in total. The van der Waals surface area contributed by atoms with Crippen LogP contribution in [0, 0.1) is 0 Å². The van der Waals surface area contributed by atoms with Crippen molar-refractivity contribution in [3.63, 3.8) is 0 Å². The molecule has 1 saturated heterocycles. The van der Waals surface area contributed by atoms with Gasteiger partial charge >= 0.3 is 0 Å². The smallest absolute Gasteiger partial charge is 0.250 e. The van der Waals surface area contributed by atoms with E-state index in [0.29, 0.717) is 19.2 Å². The van der Waals surface area contributed by atoms with Crippen LogP contribution in [-0.4, -0.2) is 49.3 Å². The molecule has 1 atom stereocenters. The van der Waals surface area contributed by atoms with Crippen molar-refractivity contribution >= 4 is 17.7 Å². The van der Waals surface area contributed by atoms with Crippen LogP contribution in [-0.2, 0) is 9.53 Å². The van der Waals surface area contributed by atoms with Crippen molar-refractivity contribution in [2.24, 2.45) is 0 Å². The van der Waals surface area contributed by atoms with Crippen molar-refractivity contribution in [1.82, 2.24) is 10.6 Å². The molecule has 1 aliphatic heterocycles. The van der Waals surface area contributed by atoms with Crippen molar-refractivity contribution in [2.45, 2.75) is 43.1 Å². The number of rotatable bonds is 3. The first-order chi connectivity index (χ1) is 8.29. The van der Waals surface area contributed by atoms with E-state index < -0.39 is 0 Å². The summed E-state index contributed by atoms with van der Waals surface area (Å²) in [6.45, 7) is 2.13. The lowest BCUT2D eigenvalue weighted by Gasteiger charge is -2.30. The summed E-state index contributed by atoms with van der Waals surface area (Å²) in [5.74, 6) is 0.0600. The highest BCUT2D eigenvalue weighted by molar-refractivity contribution is 7.99. The van der Waals surface area contributed by atoms with Gasteiger partial charge in [0.15, 0.2) is 0 Å². The SMILES string of the molecule is CSC1CCC(NC(=O)C2CNCCO2)CC1. The molecule has 2 aliphatic rings. The van der Waals surface area contributed by atoms with Crippen molar-refractivity contribution in [3.8, 4) is 0 Å². The number of morpholine rings is 1. The molecule has 2 fully saturated rings. The average Bonchev–Trinajstić information content (AvgIpc) is 2.40. The fraction of sp³-hybridized carbons (Fsp3) is 0.917. The summed E-state index contributed by atoms with van der Waals surface area (Å²) < 4.78 is 5.44. The van der Waals surface area contributed by atoms with Crippen molar-refractivity contribution in [2.75, 3.05) is 26.0 Å². The lowest BCUT2D eigenvalue weighted by Crippen LogP contribution is -2.50. The predicted octanol–water partition coefficient (Wildman–Crippen LogP) is 0.765. The molecule has 0 aromatic heterocycles. The highest BCUT2D eigenvalue weighted by Gasteiger charge is 2.26. The molecule has 1 heterocycles. The van der Waals surface area contributed by atoms with E-state index >= 15 is 0 Å². The molecular formula is C12H22N2O2S. The number of ether oxygens (including phenoxy) is 1. The third-order valence-corrected chi connectivity index (χ3v) is 4.71. The predicted molar refractivity (Wildman–Crippen MR) is 70.3 cm³/mol. The molecule has 0 bridgehead atoms. The fourth-order valence-corrected chi connectivity index (χ4v) is 3.21. The Labute approximate surface area is 107 Å². The van der Waals surface area contributed by atoms with Gasteiger partial charge in [-0.3, -0.25) is 4.79 Å². The van der Waals surface area contributed by atoms with E-state index in [1.54, 1.807) is 0 Å². The van der Waals surface area contributed by atoms with E-state index in [0.717, 1.165) is 24.6 Å². The second-order valence-electron chi connectivity index (χ2n) is 4.78. The van der Waals surface area contributed by atoms with E-state index in [1.165, 1.54) is 12.8 Å². The van der Waals surface area contributed by atoms with Gasteiger partial charge in [0.05, 0.1) is 6.61 Å². The molecule has 5 heteroatoms. The molecule has 1 aliphatic carbocycles. The van der Waals surface area contributed by atoms with Gasteiger partial charge in [0.25, 0.3) is 5.91 Å². The van der Waals surface area contributed by atoms with E-state index in [1.807, 2.05) is 11.8 Å². The highest BCUT2D eigenvalue weighted by atomic mass is 32.2. The largest absolute Gasteiger partial charge is 0.366 e. The molecular weight excluding hydrogens is 236 g/mol. The van der Waals surface area contributed by atoms with Gasteiger partial charge in [0.1, 0.15) is 6.10 Å². The van der Waals surface area contributed by atoms with Gasteiger partial charge in [-0.1, -0.05) is 0 Å². The topological polar surface area (TPSA) is 50.4 Å². The van der Waals surface area contributed by atoms with E-state index in [-0.39, 0.29) is 12.0 Å². The number of thioether (sulfide) groups is 1. The van der Waals surface area contributed by atoms with Crippen molar-refractivity contribution < 1.29 is 9.53 Å². The quantitative estimate of drug-likeness (QED) is 0.785. The minimum Gasteiger partial charge on any atom is -0.366 e. The van der Waals surface area contributed by atoms with Gasteiger partial charge < -0.3 is 15.4 Å². The maximum Gasteiger partial charge on any atom is 0.250 e. The van der Waals surface area contributed by atoms with Crippen molar-refractivity contribution in [1.29, 1.82) is 0 Å². The lowest BCUT2D eigenvalue weighted by molar-refractivity contribution is -0.135. The number of nitrogens with one attached hydrogen (secondary N) is 2. The van der Waals surface area contributed by atoms with Crippen LogP contribution in [0.1, 0.15) is 25.7 Å². The fourth-order valence-electron chi connectivity index (χ4n) is 2.47. The number of carbonyl (C=O) groups excluding carboxylic acids is 1. The third kappa shape index (κ3) is 3.86. The Morgan fingerprint density at radius 2 is 2.12 bits per heavy atom. The molecule has 98 valence electrons. The zero-order valence-corrected chi connectivity index (χ0v) is 11.2. The second kappa shape index (κ2) is 6.61. The van der Waals surface area contributed by atoms with Gasteiger partial charge in [-0.15, -0.1) is 0 Å². The summed E-state index contributed by atoms with van der Waals surface area (Å²) in [5.41, 5.74) is 0. The maximum atomic E-state index is 11.9. The van der Waals surface area contributed by atoms with E-state index in [2.05, 4.69) is 16.9 Å². The summed E-state index contributed by atoms with van der Waals surface area (Å²) in [6.07, 6.45) is 6.54. The zero-order valence-electron chi connectivity index (χ0n) is 10.4. The molecule has 0 aromatic rings. The van der Waals surface area contributed by atoms with Crippen LogP contribution < -0.4 is 10.6 Å². The Balaban J connectivity index is 1.71. The molecule has 1 saturated carbocycles. The zero-order chi connectivity index (χ0) is 12.1. The monoisotopic (exact) mass is 258 g/mol. The molecule has 0 spiro atoms. The van der Waals surface area contributed by atoms with Crippen LogP contribution >= 0.6 is 11.8 Å². The first-order valence-corrected chi connectivity index (χ1v) is 7.74. The Morgan fingerprint density at radius 3 is 2.71 bits per heavy atom. The Morgan fingerprint density at radius 1 is 1.35 bits per heavy atom. The molecule has 1 unspecified atom stereocenters. The standard InChI is InChI=1S/C12H22N2O2S/c1-17-10-4-2-9(3-5-10)14-12(15)11-8-13-6-7-16-11/h9-11,13H,2-8H2,1H3,(H,14,15). The van der Waals surface area contributed by atoms with Crippen LogP contribution in [0.25, 0.3) is 0 Å². The second-order valence-corrected chi connectivity index (χ2v) is 5.92. The third-order valence-electron chi connectivity index (χ3n) is 3.57. The van der Waals surface area contributed by atoms with Gasteiger partial charge in [-0.2, -0.15) is 11.8 Å². The molecule has 1 amide bonds. The average molecular weight is 258 g/mol. The van der Waals surface area contributed by atoms with E-state index in [4.69, 9.17) is 4.74 Å². The van der Waals surface area contributed by atoms with E-state index in [9.17, 15) is 4.79 Å². The minimum atomic E-state index is -0.290. The Bertz CT molecular complexity index is 249. The van der Waals surface area contributed by atoms with Crippen LogP contribution in [0.4, 0.5) is 0 Å². The number of hydrogen-bond acceptors (Lipinski definition) is 4. The highest BCUT2D eigenvalue weighted by Crippen LogP contribution is 2.26. The van der Waals surface area contributed by atoms with Gasteiger partial charge in [0.2, 0.25) is 0 Å². The summed E-state index contributed by atoms with van der Waals surface area (Å²) >= 11 is 1.95.